The molecule has 0 saturated carbocycles. The summed E-state index contributed by atoms with van der Waals surface area (Å²) < 4.78 is 62.2. The minimum absolute atomic E-state index is 0.0253. The van der Waals surface area contributed by atoms with Gasteiger partial charge in [0.25, 0.3) is 0 Å². The maximum Gasteiger partial charge on any atom is 0.416 e. The lowest BCUT2D eigenvalue weighted by Gasteiger charge is -2.24. The van der Waals surface area contributed by atoms with Gasteiger partial charge in [-0.2, -0.15) is 13.2 Å². The first-order chi connectivity index (χ1) is 11.5. The lowest BCUT2D eigenvalue weighted by molar-refractivity contribution is -0.137. The number of benzene rings is 1. The summed E-state index contributed by atoms with van der Waals surface area (Å²) in [4.78, 5) is 13.5. The van der Waals surface area contributed by atoms with Gasteiger partial charge in [-0.3, -0.25) is 0 Å². The molecule has 0 radical (unpaired) electrons. The van der Waals surface area contributed by atoms with Crippen LogP contribution in [-0.2, 0) is 10.9 Å². The fourth-order valence-electron chi connectivity index (χ4n) is 2.46. The second-order valence-electron chi connectivity index (χ2n) is 7.04. The lowest BCUT2D eigenvalue weighted by atomic mass is 10.1. The number of carbonyl (C=O) groups is 1. The molecule has 4 nitrogen and oxygen atoms in total. The number of likely N-dealkylation sites (tertiary alicyclic amines) is 1. The minimum atomic E-state index is -4.56. The monoisotopic (exact) mass is 363 g/mol. The van der Waals surface area contributed by atoms with E-state index >= 15 is 0 Å². The summed E-state index contributed by atoms with van der Waals surface area (Å²) in [6.07, 6.45) is -4.40. The SMILES string of the molecule is CC(C)(C)OC(=O)N1CCC(COc2cc(C(F)(F)F)ccc2F)C1. The van der Waals surface area contributed by atoms with Crippen LogP contribution < -0.4 is 4.74 Å². The zero-order valence-corrected chi connectivity index (χ0v) is 14.3. The average molecular weight is 363 g/mol. The molecule has 1 unspecified atom stereocenters. The predicted molar refractivity (Wildman–Crippen MR) is 82.8 cm³/mol. The number of ether oxygens (including phenoxy) is 2. The minimum Gasteiger partial charge on any atom is -0.490 e. The maximum atomic E-state index is 13.6. The summed E-state index contributed by atoms with van der Waals surface area (Å²) in [5, 5.41) is 0. The van der Waals surface area contributed by atoms with Crippen molar-refractivity contribution in [1.29, 1.82) is 0 Å². The first kappa shape index (κ1) is 19.3. The van der Waals surface area contributed by atoms with E-state index in [9.17, 15) is 22.4 Å². The first-order valence-electron chi connectivity index (χ1n) is 7.93. The summed E-state index contributed by atoms with van der Waals surface area (Å²) >= 11 is 0. The van der Waals surface area contributed by atoms with Crippen LogP contribution in [0.2, 0.25) is 0 Å². The quantitative estimate of drug-likeness (QED) is 0.744. The number of carbonyl (C=O) groups excluding carboxylic acids is 1. The highest BCUT2D eigenvalue weighted by Gasteiger charge is 2.32. The van der Waals surface area contributed by atoms with Crippen molar-refractivity contribution in [3.63, 3.8) is 0 Å². The molecule has 1 saturated heterocycles. The first-order valence-corrected chi connectivity index (χ1v) is 7.93. The molecule has 1 aromatic carbocycles. The van der Waals surface area contributed by atoms with Crippen LogP contribution in [0.1, 0.15) is 32.8 Å². The number of hydrogen-bond donors (Lipinski definition) is 0. The van der Waals surface area contributed by atoms with Gasteiger partial charge in [-0.05, 0) is 45.4 Å². The van der Waals surface area contributed by atoms with Crippen LogP contribution in [0.4, 0.5) is 22.4 Å². The number of halogens is 4. The fourth-order valence-corrected chi connectivity index (χ4v) is 2.46. The van der Waals surface area contributed by atoms with Crippen molar-refractivity contribution in [2.45, 2.75) is 39.0 Å². The normalized spacial score (nSPS) is 18.4. The van der Waals surface area contributed by atoms with Gasteiger partial charge < -0.3 is 14.4 Å². The number of nitrogens with zero attached hydrogens (tertiary/aromatic N) is 1. The Morgan fingerprint density at radius 1 is 1.28 bits per heavy atom. The second kappa shape index (κ2) is 7.09. The maximum absolute atomic E-state index is 13.6. The summed E-state index contributed by atoms with van der Waals surface area (Å²) in [7, 11) is 0. The summed E-state index contributed by atoms with van der Waals surface area (Å²) in [6, 6.07) is 2.05. The molecule has 1 atom stereocenters. The average Bonchev–Trinajstić information content (AvgIpc) is 2.92. The third kappa shape index (κ3) is 5.51. The van der Waals surface area contributed by atoms with Crippen molar-refractivity contribution in [2.24, 2.45) is 5.92 Å². The summed E-state index contributed by atoms with van der Waals surface area (Å²) in [5.74, 6) is -1.39. The third-order valence-corrected chi connectivity index (χ3v) is 3.67. The van der Waals surface area contributed by atoms with Crippen LogP contribution in [0.5, 0.6) is 5.75 Å². The molecule has 0 aliphatic carbocycles. The molecule has 140 valence electrons. The van der Waals surface area contributed by atoms with Gasteiger partial charge in [0.2, 0.25) is 0 Å². The predicted octanol–water partition coefficient (Wildman–Crippen LogP) is 4.48. The summed E-state index contributed by atoms with van der Waals surface area (Å²) in [5.41, 5.74) is -1.57. The molecule has 1 fully saturated rings. The largest absolute Gasteiger partial charge is 0.490 e. The van der Waals surface area contributed by atoms with Gasteiger partial charge in [-0.15, -0.1) is 0 Å². The Labute approximate surface area is 143 Å². The Bertz CT molecular complexity index is 625. The van der Waals surface area contributed by atoms with E-state index in [-0.39, 0.29) is 12.5 Å². The Kier molecular flexibility index (Phi) is 5.49. The molecule has 1 aromatic rings. The molecule has 0 N–H and O–H groups in total. The van der Waals surface area contributed by atoms with Crippen LogP contribution in [0.15, 0.2) is 18.2 Å². The van der Waals surface area contributed by atoms with Crippen molar-refractivity contribution in [2.75, 3.05) is 19.7 Å². The van der Waals surface area contributed by atoms with E-state index in [4.69, 9.17) is 9.47 Å². The Morgan fingerprint density at radius 2 is 1.96 bits per heavy atom. The molecule has 2 rings (SSSR count). The molecule has 1 aliphatic heterocycles. The Hall–Kier alpha value is -1.99. The standard InChI is InChI=1S/C17H21F4NO3/c1-16(2,3)25-15(23)22-7-6-11(9-22)10-24-14-8-12(17(19,20)21)4-5-13(14)18/h4-5,8,11H,6-7,9-10H2,1-3H3. The number of hydrogen-bond acceptors (Lipinski definition) is 3. The zero-order valence-electron chi connectivity index (χ0n) is 14.3. The molecule has 1 amide bonds. The van der Waals surface area contributed by atoms with Crippen molar-refractivity contribution in [3.05, 3.63) is 29.6 Å². The highest BCUT2D eigenvalue weighted by Crippen LogP contribution is 2.33. The van der Waals surface area contributed by atoms with Crippen LogP contribution >= 0.6 is 0 Å². The highest BCUT2D eigenvalue weighted by atomic mass is 19.4. The molecule has 8 heteroatoms. The van der Waals surface area contributed by atoms with E-state index in [0.717, 1.165) is 6.07 Å². The van der Waals surface area contributed by atoms with Crippen molar-refractivity contribution in [3.8, 4) is 5.75 Å². The third-order valence-electron chi connectivity index (χ3n) is 3.67. The smallest absolute Gasteiger partial charge is 0.416 e. The van der Waals surface area contributed by atoms with Crippen LogP contribution in [0, 0.1) is 11.7 Å². The molecule has 25 heavy (non-hydrogen) atoms. The van der Waals surface area contributed by atoms with Gasteiger partial charge >= 0.3 is 12.3 Å². The van der Waals surface area contributed by atoms with Gasteiger partial charge in [0, 0.05) is 19.0 Å². The highest BCUT2D eigenvalue weighted by molar-refractivity contribution is 5.68. The van der Waals surface area contributed by atoms with E-state index in [0.29, 0.717) is 31.6 Å². The van der Waals surface area contributed by atoms with Gasteiger partial charge in [0.1, 0.15) is 5.60 Å². The molecule has 0 bridgehead atoms. The molecular formula is C17H21F4NO3. The van der Waals surface area contributed by atoms with Crippen molar-refractivity contribution < 1.29 is 31.8 Å². The molecule has 1 heterocycles. The number of amides is 1. The van der Waals surface area contributed by atoms with Crippen LogP contribution in [0.25, 0.3) is 0 Å². The lowest BCUT2D eigenvalue weighted by Crippen LogP contribution is -2.35. The van der Waals surface area contributed by atoms with Crippen LogP contribution in [0.3, 0.4) is 0 Å². The molecule has 0 spiro atoms. The fraction of sp³-hybridized carbons (Fsp3) is 0.588. The van der Waals surface area contributed by atoms with E-state index in [1.54, 1.807) is 20.8 Å². The van der Waals surface area contributed by atoms with E-state index in [2.05, 4.69) is 0 Å². The molecular weight excluding hydrogens is 342 g/mol. The van der Waals surface area contributed by atoms with Crippen molar-refractivity contribution >= 4 is 6.09 Å². The second-order valence-corrected chi connectivity index (χ2v) is 7.04. The number of alkyl halides is 3. The van der Waals surface area contributed by atoms with Crippen LogP contribution in [-0.4, -0.2) is 36.3 Å². The Balaban J connectivity index is 1.92. The van der Waals surface area contributed by atoms with Gasteiger partial charge in [0.15, 0.2) is 11.6 Å². The Morgan fingerprint density at radius 3 is 2.56 bits per heavy atom. The zero-order chi connectivity index (χ0) is 18.8. The van der Waals surface area contributed by atoms with Gasteiger partial charge in [0.05, 0.1) is 12.2 Å². The topological polar surface area (TPSA) is 38.8 Å². The van der Waals surface area contributed by atoms with Gasteiger partial charge in [-0.1, -0.05) is 0 Å². The van der Waals surface area contributed by atoms with E-state index < -0.39 is 35.0 Å². The molecule has 1 aliphatic rings. The van der Waals surface area contributed by atoms with Crippen molar-refractivity contribution in [1.82, 2.24) is 4.90 Å². The van der Waals surface area contributed by atoms with Gasteiger partial charge in [-0.25, -0.2) is 9.18 Å². The van der Waals surface area contributed by atoms with E-state index in [1.165, 1.54) is 4.90 Å². The van der Waals surface area contributed by atoms with E-state index in [1.807, 2.05) is 0 Å². The molecule has 0 aromatic heterocycles. The number of rotatable bonds is 3. The summed E-state index contributed by atoms with van der Waals surface area (Å²) in [6.45, 7) is 6.13.